The minimum atomic E-state index is -0.945. The second kappa shape index (κ2) is 5.40. The van der Waals surface area contributed by atoms with Gasteiger partial charge in [0.15, 0.2) is 0 Å². The molecule has 1 aromatic carbocycles. The molecule has 2 atom stereocenters. The van der Waals surface area contributed by atoms with Crippen LogP contribution in [0, 0.1) is 0 Å². The first-order valence-electron chi connectivity index (χ1n) is 6.15. The quantitative estimate of drug-likeness (QED) is 0.505. The lowest BCUT2D eigenvalue weighted by molar-refractivity contribution is -0.0341. The molecular weight excluding hydrogens is 228 g/mol. The van der Waals surface area contributed by atoms with E-state index in [1.165, 1.54) is 5.56 Å². The fraction of sp³-hybridized carbons (Fsp3) is 0.538. The predicted octanol–water partition coefficient (Wildman–Crippen LogP) is 2.32. The standard InChI is InChI=1S/C13H18N4O/c1-13(18)10-17(8-7-12(13)15-16-14)9-11-5-3-2-4-6-11/h2-6,12,18H,7-10H2,1H3/t12-,13-/m0/s1. The van der Waals surface area contributed by atoms with Crippen LogP contribution in [0.4, 0.5) is 0 Å². The van der Waals surface area contributed by atoms with E-state index in [1.807, 2.05) is 18.2 Å². The molecule has 96 valence electrons. The number of β-amino-alcohol motifs (C(OH)–C–C–N with tert-alkyl or cyclic N) is 1. The maximum atomic E-state index is 10.3. The maximum absolute atomic E-state index is 10.3. The molecule has 0 bridgehead atoms. The first-order valence-corrected chi connectivity index (χ1v) is 6.15. The zero-order chi connectivity index (χ0) is 13.0. The van der Waals surface area contributed by atoms with Crippen molar-refractivity contribution >= 4 is 0 Å². The van der Waals surface area contributed by atoms with Gasteiger partial charge in [0, 0.05) is 18.0 Å². The molecule has 1 saturated heterocycles. The molecule has 2 rings (SSSR count). The second-order valence-corrected chi connectivity index (χ2v) is 5.06. The molecule has 1 aromatic rings. The summed E-state index contributed by atoms with van der Waals surface area (Å²) < 4.78 is 0. The molecule has 0 unspecified atom stereocenters. The zero-order valence-electron chi connectivity index (χ0n) is 10.5. The molecule has 1 N–H and O–H groups in total. The smallest absolute Gasteiger partial charge is 0.0831 e. The molecule has 18 heavy (non-hydrogen) atoms. The van der Waals surface area contributed by atoms with Gasteiger partial charge in [-0.05, 0) is 31.0 Å². The number of aliphatic hydroxyl groups is 1. The number of rotatable bonds is 3. The number of likely N-dealkylation sites (tertiary alicyclic amines) is 1. The van der Waals surface area contributed by atoms with E-state index in [0.29, 0.717) is 13.0 Å². The van der Waals surface area contributed by atoms with Gasteiger partial charge in [0.05, 0.1) is 11.6 Å². The Balaban J connectivity index is 2.00. The fourth-order valence-electron chi connectivity index (χ4n) is 2.47. The highest BCUT2D eigenvalue weighted by atomic mass is 16.3. The van der Waals surface area contributed by atoms with Crippen molar-refractivity contribution in [1.29, 1.82) is 0 Å². The van der Waals surface area contributed by atoms with E-state index >= 15 is 0 Å². The van der Waals surface area contributed by atoms with Crippen LogP contribution in [0.5, 0.6) is 0 Å². The maximum Gasteiger partial charge on any atom is 0.0831 e. The normalized spacial score (nSPS) is 28.7. The lowest BCUT2D eigenvalue weighted by Gasteiger charge is -2.41. The summed E-state index contributed by atoms with van der Waals surface area (Å²) >= 11 is 0. The van der Waals surface area contributed by atoms with Gasteiger partial charge in [-0.1, -0.05) is 35.4 Å². The van der Waals surface area contributed by atoms with Gasteiger partial charge in [-0.15, -0.1) is 0 Å². The molecule has 1 fully saturated rings. The molecule has 0 saturated carbocycles. The number of hydrogen-bond donors (Lipinski definition) is 1. The van der Waals surface area contributed by atoms with Crippen LogP contribution in [-0.2, 0) is 6.54 Å². The SMILES string of the molecule is C[C@]1(O)CN(Cc2ccccc2)CC[C@@H]1N=[N+]=[N-]. The monoisotopic (exact) mass is 246 g/mol. The van der Waals surface area contributed by atoms with Gasteiger partial charge in [-0.25, -0.2) is 0 Å². The summed E-state index contributed by atoms with van der Waals surface area (Å²) in [5, 5.41) is 14.0. The van der Waals surface area contributed by atoms with Crippen molar-refractivity contribution in [2.45, 2.75) is 31.5 Å². The van der Waals surface area contributed by atoms with E-state index in [2.05, 4.69) is 27.1 Å². The van der Waals surface area contributed by atoms with Crippen molar-refractivity contribution in [2.24, 2.45) is 5.11 Å². The molecular formula is C13H18N4O. The van der Waals surface area contributed by atoms with Crippen LogP contribution in [0.25, 0.3) is 10.4 Å². The van der Waals surface area contributed by atoms with Crippen LogP contribution < -0.4 is 0 Å². The fourth-order valence-corrected chi connectivity index (χ4v) is 2.47. The number of hydrogen-bond acceptors (Lipinski definition) is 3. The molecule has 1 aliphatic heterocycles. The Morgan fingerprint density at radius 1 is 1.50 bits per heavy atom. The third kappa shape index (κ3) is 3.01. The summed E-state index contributed by atoms with van der Waals surface area (Å²) in [6.45, 7) is 3.93. The number of piperidine rings is 1. The van der Waals surface area contributed by atoms with Crippen LogP contribution in [-0.4, -0.2) is 34.7 Å². The highest BCUT2D eigenvalue weighted by Gasteiger charge is 2.37. The van der Waals surface area contributed by atoms with E-state index in [0.717, 1.165) is 13.1 Å². The van der Waals surface area contributed by atoms with E-state index < -0.39 is 5.60 Å². The Bertz CT molecular complexity index is 440. The van der Waals surface area contributed by atoms with Crippen LogP contribution in [0.1, 0.15) is 18.9 Å². The largest absolute Gasteiger partial charge is 0.388 e. The lowest BCUT2D eigenvalue weighted by atomic mass is 9.89. The summed E-state index contributed by atoms with van der Waals surface area (Å²) in [6.07, 6.45) is 0.698. The second-order valence-electron chi connectivity index (χ2n) is 5.06. The third-order valence-corrected chi connectivity index (χ3v) is 3.42. The topological polar surface area (TPSA) is 72.2 Å². The highest BCUT2D eigenvalue weighted by molar-refractivity contribution is 5.14. The molecule has 0 spiro atoms. The van der Waals surface area contributed by atoms with Gasteiger partial charge < -0.3 is 5.11 Å². The van der Waals surface area contributed by atoms with Gasteiger partial charge in [0.2, 0.25) is 0 Å². The number of nitrogens with zero attached hydrogens (tertiary/aromatic N) is 4. The van der Waals surface area contributed by atoms with Gasteiger partial charge in [-0.3, -0.25) is 4.90 Å². The van der Waals surface area contributed by atoms with Crippen LogP contribution in [0.2, 0.25) is 0 Å². The molecule has 1 heterocycles. The summed E-state index contributed by atoms with van der Waals surface area (Å²) in [4.78, 5) is 5.00. The van der Waals surface area contributed by atoms with Gasteiger partial charge >= 0.3 is 0 Å². The Hall–Kier alpha value is -1.55. The summed E-state index contributed by atoms with van der Waals surface area (Å²) in [5.74, 6) is 0. The van der Waals surface area contributed by atoms with Crippen molar-refractivity contribution in [3.63, 3.8) is 0 Å². The van der Waals surface area contributed by atoms with Crippen molar-refractivity contribution < 1.29 is 5.11 Å². The molecule has 0 radical (unpaired) electrons. The summed E-state index contributed by atoms with van der Waals surface area (Å²) in [7, 11) is 0. The summed E-state index contributed by atoms with van der Waals surface area (Å²) in [6, 6.07) is 9.85. The first kappa shape index (κ1) is 12.9. The lowest BCUT2D eigenvalue weighted by Crippen LogP contribution is -2.53. The Morgan fingerprint density at radius 2 is 2.22 bits per heavy atom. The van der Waals surface area contributed by atoms with Crippen molar-refractivity contribution in [3.8, 4) is 0 Å². The molecule has 5 nitrogen and oxygen atoms in total. The summed E-state index contributed by atoms with van der Waals surface area (Å²) in [5.41, 5.74) is 8.77. The van der Waals surface area contributed by atoms with E-state index in [-0.39, 0.29) is 6.04 Å². The minimum Gasteiger partial charge on any atom is -0.388 e. The van der Waals surface area contributed by atoms with E-state index in [4.69, 9.17) is 5.53 Å². The average molecular weight is 246 g/mol. The van der Waals surface area contributed by atoms with Gasteiger partial charge in [0.1, 0.15) is 0 Å². The predicted molar refractivity (Wildman–Crippen MR) is 69.9 cm³/mol. The molecule has 0 aliphatic carbocycles. The molecule has 0 amide bonds. The minimum absolute atomic E-state index is 0.325. The van der Waals surface area contributed by atoms with Crippen LogP contribution in [0.3, 0.4) is 0 Å². The number of azide groups is 1. The van der Waals surface area contributed by atoms with Crippen LogP contribution in [0.15, 0.2) is 35.4 Å². The Labute approximate surface area is 107 Å². The molecule has 5 heteroatoms. The highest BCUT2D eigenvalue weighted by Crippen LogP contribution is 2.25. The van der Waals surface area contributed by atoms with E-state index in [1.54, 1.807) is 6.92 Å². The van der Waals surface area contributed by atoms with Gasteiger partial charge in [0.25, 0.3) is 0 Å². The van der Waals surface area contributed by atoms with Crippen molar-refractivity contribution in [2.75, 3.05) is 13.1 Å². The molecule has 1 aliphatic rings. The van der Waals surface area contributed by atoms with Crippen molar-refractivity contribution in [1.82, 2.24) is 4.90 Å². The Morgan fingerprint density at radius 3 is 2.83 bits per heavy atom. The van der Waals surface area contributed by atoms with Crippen molar-refractivity contribution in [3.05, 3.63) is 46.3 Å². The van der Waals surface area contributed by atoms with Gasteiger partial charge in [-0.2, -0.15) is 0 Å². The van der Waals surface area contributed by atoms with Crippen LogP contribution >= 0.6 is 0 Å². The number of benzene rings is 1. The first-order chi connectivity index (χ1) is 8.62. The average Bonchev–Trinajstić information content (AvgIpc) is 2.33. The zero-order valence-corrected chi connectivity index (χ0v) is 10.5. The molecule has 0 aromatic heterocycles. The Kier molecular flexibility index (Phi) is 3.87. The third-order valence-electron chi connectivity index (χ3n) is 3.42. The van der Waals surface area contributed by atoms with E-state index in [9.17, 15) is 5.11 Å².